The molecule has 2 N–H and O–H groups in total. The summed E-state index contributed by atoms with van der Waals surface area (Å²) in [4.78, 5) is 24.7. The van der Waals surface area contributed by atoms with Gasteiger partial charge >= 0.3 is 0 Å². The van der Waals surface area contributed by atoms with Crippen molar-refractivity contribution in [3.63, 3.8) is 0 Å². The lowest BCUT2D eigenvalue weighted by Gasteiger charge is -2.21. The molecule has 1 aliphatic rings. The Morgan fingerprint density at radius 2 is 2.19 bits per heavy atom. The van der Waals surface area contributed by atoms with E-state index in [1.54, 1.807) is 24.0 Å². The third-order valence-corrected chi connectivity index (χ3v) is 3.91. The normalized spacial score (nSPS) is 21.0. The third-order valence-electron chi connectivity index (χ3n) is 3.91. The number of halogens is 1. The molecule has 0 aliphatic carbocycles. The van der Waals surface area contributed by atoms with E-state index in [0.29, 0.717) is 30.1 Å². The Kier molecular flexibility index (Phi) is 5.69. The molecule has 1 heterocycles. The second-order valence-electron chi connectivity index (χ2n) is 5.40. The first kappa shape index (κ1) is 17.4. The first-order valence-electron chi connectivity index (χ1n) is 6.70. The van der Waals surface area contributed by atoms with Gasteiger partial charge in [-0.25, -0.2) is 0 Å². The zero-order valence-electron chi connectivity index (χ0n) is 12.1. The van der Waals surface area contributed by atoms with Gasteiger partial charge in [-0.15, -0.1) is 12.4 Å². The molecule has 1 fully saturated rings. The molecule has 0 saturated carbocycles. The Balaban J connectivity index is 0.00000220. The average molecular weight is 314 g/mol. The molecule has 1 saturated heterocycles. The van der Waals surface area contributed by atoms with Gasteiger partial charge < -0.3 is 10.6 Å². The van der Waals surface area contributed by atoms with E-state index < -0.39 is 4.92 Å². The van der Waals surface area contributed by atoms with E-state index in [2.05, 4.69) is 0 Å². The van der Waals surface area contributed by atoms with Gasteiger partial charge in [-0.05, 0) is 38.8 Å². The van der Waals surface area contributed by atoms with E-state index in [4.69, 9.17) is 5.73 Å². The Hall–Kier alpha value is -1.66. The van der Waals surface area contributed by atoms with E-state index in [9.17, 15) is 14.9 Å². The molecule has 1 aromatic carbocycles. The van der Waals surface area contributed by atoms with Gasteiger partial charge in [0, 0.05) is 29.8 Å². The highest BCUT2D eigenvalue weighted by Crippen LogP contribution is 2.26. The summed E-state index contributed by atoms with van der Waals surface area (Å²) in [5.74, 6) is 0.158. The van der Waals surface area contributed by atoms with Crippen molar-refractivity contribution in [1.82, 2.24) is 4.90 Å². The van der Waals surface area contributed by atoms with Crippen molar-refractivity contribution in [3.8, 4) is 0 Å². The molecule has 2 rings (SSSR count). The van der Waals surface area contributed by atoms with Crippen LogP contribution in [0.4, 0.5) is 5.69 Å². The second-order valence-corrected chi connectivity index (χ2v) is 5.40. The van der Waals surface area contributed by atoms with Crippen LogP contribution in [-0.2, 0) is 0 Å². The molecule has 116 valence electrons. The van der Waals surface area contributed by atoms with Crippen molar-refractivity contribution >= 4 is 24.0 Å². The zero-order chi connectivity index (χ0) is 14.9. The monoisotopic (exact) mass is 313 g/mol. The highest BCUT2D eigenvalue weighted by Gasteiger charge is 2.32. The number of nitro benzene ring substituents is 1. The first-order chi connectivity index (χ1) is 9.43. The average Bonchev–Trinajstić information content (AvgIpc) is 2.79. The number of aryl methyl sites for hydroxylation is 1. The first-order valence-corrected chi connectivity index (χ1v) is 6.70. The van der Waals surface area contributed by atoms with Gasteiger partial charge in [0.15, 0.2) is 0 Å². The van der Waals surface area contributed by atoms with Gasteiger partial charge in [0.05, 0.1) is 4.92 Å². The number of carbonyl (C=O) groups is 1. The smallest absolute Gasteiger partial charge is 0.273 e. The molecule has 0 spiro atoms. The summed E-state index contributed by atoms with van der Waals surface area (Å²) in [5.41, 5.74) is 6.56. The maximum Gasteiger partial charge on any atom is 0.273 e. The van der Waals surface area contributed by atoms with Crippen LogP contribution in [0.25, 0.3) is 0 Å². The molecule has 0 bridgehead atoms. The number of benzene rings is 1. The Morgan fingerprint density at radius 3 is 2.71 bits per heavy atom. The standard InChI is InChI=1S/C14H19N3O3.ClH/c1-9-3-4-12(6-13(9)17(19)20)14(18)16-8-11(7-15)5-10(16)2;/h3-4,6,10-11H,5,7-8,15H2,1-2H3;1H. The van der Waals surface area contributed by atoms with E-state index in [0.717, 1.165) is 6.42 Å². The summed E-state index contributed by atoms with van der Waals surface area (Å²) < 4.78 is 0. The van der Waals surface area contributed by atoms with Crippen LogP contribution in [0.3, 0.4) is 0 Å². The predicted molar refractivity (Wildman–Crippen MR) is 82.7 cm³/mol. The van der Waals surface area contributed by atoms with Crippen molar-refractivity contribution in [1.29, 1.82) is 0 Å². The topological polar surface area (TPSA) is 89.5 Å². The molecule has 2 atom stereocenters. The molecular formula is C14H20ClN3O3. The van der Waals surface area contributed by atoms with Crippen LogP contribution in [0, 0.1) is 23.0 Å². The Bertz CT molecular complexity index is 550. The van der Waals surface area contributed by atoms with Crippen molar-refractivity contribution < 1.29 is 9.72 Å². The van der Waals surface area contributed by atoms with E-state index in [1.165, 1.54) is 6.07 Å². The van der Waals surface area contributed by atoms with Crippen LogP contribution < -0.4 is 5.73 Å². The second kappa shape index (κ2) is 6.87. The summed E-state index contributed by atoms with van der Waals surface area (Å²) in [5, 5.41) is 10.9. The predicted octanol–water partition coefficient (Wildman–Crippen LogP) is 2.13. The maximum absolute atomic E-state index is 12.5. The lowest BCUT2D eigenvalue weighted by molar-refractivity contribution is -0.385. The van der Waals surface area contributed by atoms with Crippen molar-refractivity contribution in [2.45, 2.75) is 26.3 Å². The minimum Gasteiger partial charge on any atom is -0.336 e. The van der Waals surface area contributed by atoms with Crippen molar-refractivity contribution in [2.75, 3.05) is 13.1 Å². The van der Waals surface area contributed by atoms with E-state index in [-0.39, 0.29) is 30.0 Å². The summed E-state index contributed by atoms with van der Waals surface area (Å²) >= 11 is 0. The molecule has 21 heavy (non-hydrogen) atoms. The number of amides is 1. The maximum atomic E-state index is 12.5. The fourth-order valence-electron chi connectivity index (χ4n) is 2.70. The summed E-state index contributed by atoms with van der Waals surface area (Å²) in [6.07, 6.45) is 0.885. The van der Waals surface area contributed by atoms with Gasteiger partial charge in [-0.1, -0.05) is 6.07 Å². The fraction of sp³-hybridized carbons (Fsp3) is 0.500. The lowest BCUT2D eigenvalue weighted by atomic mass is 10.1. The largest absolute Gasteiger partial charge is 0.336 e. The number of hydrogen-bond acceptors (Lipinski definition) is 4. The van der Waals surface area contributed by atoms with Crippen LogP contribution in [0.15, 0.2) is 18.2 Å². The molecule has 7 heteroatoms. The molecule has 6 nitrogen and oxygen atoms in total. The summed E-state index contributed by atoms with van der Waals surface area (Å²) in [6, 6.07) is 4.75. The zero-order valence-corrected chi connectivity index (χ0v) is 12.9. The van der Waals surface area contributed by atoms with Crippen molar-refractivity contribution in [2.24, 2.45) is 11.7 Å². The number of likely N-dealkylation sites (tertiary alicyclic amines) is 1. The Morgan fingerprint density at radius 1 is 1.52 bits per heavy atom. The molecule has 1 aromatic rings. The van der Waals surface area contributed by atoms with Crippen LogP contribution in [0.1, 0.15) is 29.3 Å². The number of hydrogen-bond donors (Lipinski definition) is 1. The van der Waals surface area contributed by atoms with Gasteiger partial charge in [-0.3, -0.25) is 14.9 Å². The number of carbonyl (C=O) groups excluding carboxylic acids is 1. The van der Waals surface area contributed by atoms with E-state index in [1.807, 2.05) is 6.92 Å². The van der Waals surface area contributed by atoms with Crippen molar-refractivity contribution in [3.05, 3.63) is 39.4 Å². The molecular weight excluding hydrogens is 294 g/mol. The number of nitrogens with two attached hydrogens (primary N) is 1. The van der Waals surface area contributed by atoms with Crippen LogP contribution in [-0.4, -0.2) is 34.9 Å². The van der Waals surface area contributed by atoms with Gasteiger partial charge in [0.2, 0.25) is 0 Å². The van der Waals surface area contributed by atoms with Gasteiger partial charge in [0.25, 0.3) is 11.6 Å². The molecule has 1 amide bonds. The Labute approximate surface area is 129 Å². The minimum absolute atomic E-state index is 0. The lowest BCUT2D eigenvalue weighted by Crippen LogP contribution is -2.34. The number of nitrogens with zero attached hydrogens (tertiary/aromatic N) is 2. The third kappa shape index (κ3) is 3.51. The number of nitro groups is 1. The van der Waals surface area contributed by atoms with Crippen LogP contribution in [0.2, 0.25) is 0 Å². The summed E-state index contributed by atoms with van der Waals surface area (Å²) in [6.45, 7) is 4.83. The molecule has 2 unspecified atom stereocenters. The molecule has 0 radical (unpaired) electrons. The fourth-order valence-corrected chi connectivity index (χ4v) is 2.70. The number of rotatable bonds is 3. The molecule has 0 aromatic heterocycles. The van der Waals surface area contributed by atoms with Crippen LogP contribution >= 0.6 is 12.4 Å². The van der Waals surface area contributed by atoms with E-state index >= 15 is 0 Å². The minimum atomic E-state index is -0.456. The van der Waals surface area contributed by atoms with Crippen LogP contribution in [0.5, 0.6) is 0 Å². The highest BCUT2D eigenvalue weighted by atomic mass is 35.5. The highest BCUT2D eigenvalue weighted by molar-refractivity contribution is 5.95. The van der Waals surface area contributed by atoms with Gasteiger partial charge in [-0.2, -0.15) is 0 Å². The summed E-state index contributed by atoms with van der Waals surface area (Å²) in [7, 11) is 0. The quantitative estimate of drug-likeness (QED) is 0.683. The molecule has 1 aliphatic heterocycles. The van der Waals surface area contributed by atoms with Gasteiger partial charge in [0.1, 0.15) is 0 Å². The SMILES string of the molecule is Cc1ccc(C(=O)N2CC(CN)CC2C)cc1[N+](=O)[O-].Cl.